The Kier molecular flexibility index (Phi) is 54.0. The average Bonchev–Trinajstić information content (AvgIpc) is 3.19. The molecule has 0 aliphatic carbocycles. The third-order valence-corrected chi connectivity index (χ3v) is 8.37. The minimum Gasteiger partial charge on any atom is -0.379 e. The predicted molar refractivity (Wildman–Crippen MR) is 221 cm³/mol. The van der Waals surface area contributed by atoms with E-state index in [4.69, 9.17) is 62.6 Å². The normalized spacial score (nSPS) is 11.6. The summed E-state index contributed by atoms with van der Waals surface area (Å²) in [4.78, 5) is 24.6. The molecule has 0 aliphatic heterocycles. The fourth-order valence-electron chi connectivity index (χ4n) is 3.39. The lowest BCUT2D eigenvalue weighted by Gasteiger charge is -2.09. The van der Waals surface area contributed by atoms with Gasteiger partial charge in [-0.2, -0.15) is 0 Å². The van der Waals surface area contributed by atoms with E-state index in [-0.39, 0.29) is 12.3 Å². The first-order chi connectivity index (χ1) is 27.6. The standard InChI is InChI=1S/C28H58N2O13.C9H13NOS2/c1-30-3-5-33-7-9-35-11-13-37-15-17-39-19-21-41-23-25-43-27-26-42-24-22-40-20-18-38-16-14-36-12-10-34-8-6-32-4-2-28(29)31;1-3-6-9(10-4-2)13-12-8-5-7-11/h30H,2-27H2,1H3,(H2,29,31);3-4,6-7H,2,5,8H2,1H3/b;6-3-,10-9?. The van der Waals surface area contributed by atoms with Crippen molar-refractivity contribution >= 4 is 38.8 Å². The van der Waals surface area contributed by atoms with Crippen LogP contribution in [-0.4, -0.2) is 195 Å². The van der Waals surface area contributed by atoms with Crippen LogP contribution in [0.2, 0.25) is 0 Å². The highest BCUT2D eigenvalue weighted by molar-refractivity contribution is 8.82. The van der Waals surface area contributed by atoms with Gasteiger partial charge in [-0.15, -0.1) is 0 Å². The maximum absolute atomic E-state index is 10.5. The smallest absolute Gasteiger partial charge is 0.219 e. The van der Waals surface area contributed by atoms with Gasteiger partial charge in [0.25, 0.3) is 0 Å². The number of primary amides is 1. The van der Waals surface area contributed by atoms with Crippen LogP contribution < -0.4 is 11.1 Å². The van der Waals surface area contributed by atoms with E-state index in [0.29, 0.717) is 165 Å². The zero-order valence-electron chi connectivity index (χ0n) is 33.9. The molecule has 17 nitrogen and oxygen atoms in total. The molecule has 0 aliphatic rings. The topological polar surface area (TPSA) is 195 Å². The predicted octanol–water partition coefficient (Wildman–Crippen LogP) is 2.36. The largest absolute Gasteiger partial charge is 0.379 e. The number of likely N-dealkylation sites (N-methyl/N-ethyl adjacent to an activating group) is 1. The van der Waals surface area contributed by atoms with Gasteiger partial charge in [0.1, 0.15) is 11.3 Å². The Morgan fingerprint density at radius 2 is 0.911 bits per heavy atom. The molecule has 0 fully saturated rings. The van der Waals surface area contributed by atoms with E-state index in [9.17, 15) is 9.59 Å². The van der Waals surface area contributed by atoms with E-state index >= 15 is 0 Å². The molecule has 0 aromatic rings. The van der Waals surface area contributed by atoms with Gasteiger partial charge in [0.15, 0.2) is 0 Å². The Balaban J connectivity index is 0. The van der Waals surface area contributed by atoms with Crippen LogP contribution in [0.4, 0.5) is 0 Å². The molecule has 0 unspecified atom stereocenters. The van der Waals surface area contributed by atoms with Crippen molar-refractivity contribution < 1.29 is 66.4 Å². The highest BCUT2D eigenvalue weighted by atomic mass is 33.1. The van der Waals surface area contributed by atoms with Crippen molar-refractivity contribution in [1.82, 2.24) is 5.32 Å². The molecule has 0 heterocycles. The van der Waals surface area contributed by atoms with E-state index in [0.717, 1.165) is 23.6 Å². The lowest BCUT2D eigenvalue weighted by atomic mass is 10.4. The SMILES string of the molecule is C=CN=C(/C=C\C)SSCCC=O.CNCCOCCOCCOCCOCCOCCOCCOCCOCCOCCOCCOCCOCCC(N)=O. The number of hydrogen-bond donors (Lipinski definition) is 2. The molecule has 0 bridgehead atoms. The second-order valence-corrected chi connectivity index (χ2v) is 13.1. The van der Waals surface area contributed by atoms with Gasteiger partial charge >= 0.3 is 0 Å². The summed E-state index contributed by atoms with van der Waals surface area (Å²) in [6, 6.07) is 0. The van der Waals surface area contributed by atoms with Crippen molar-refractivity contribution in [2.75, 3.05) is 178 Å². The molecular weight excluding hydrogens is 775 g/mol. The third-order valence-electron chi connectivity index (χ3n) is 6.07. The number of nitrogens with two attached hydrogens (primary N) is 1. The number of allylic oxidation sites excluding steroid dienone is 1. The van der Waals surface area contributed by atoms with E-state index < -0.39 is 0 Å². The lowest BCUT2D eigenvalue weighted by molar-refractivity contribution is -0.119. The van der Waals surface area contributed by atoms with Gasteiger partial charge < -0.3 is 72.7 Å². The summed E-state index contributed by atoms with van der Waals surface area (Å²) >= 11 is 0. The van der Waals surface area contributed by atoms with E-state index in [2.05, 4.69) is 16.9 Å². The number of nitrogens with one attached hydrogen (secondary N) is 1. The fraction of sp³-hybridized carbons (Fsp3) is 0.811. The van der Waals surface area contributed by atoms with E-state index in [1.165, 1.54) is 6.20 Å². The molecule has 0 aromatic heterocycles. The fourth-order valence-corrected chi connectivity index (χ4v) is 5.29. The molecule has 0 saturated carbocycles. The number of nitrogens with zero attached hydrogens (tertiary/aromatic N) is 1. The first kappa shape index (κ1) is 56.6. The van der Waals surface area contributed by atoms with Gasteiger partial charge in [-0.05, 0) is 30.8 Å². The van der Waals surface area contributed by atoms with Crippen molar-refractivity contribution in [2.45, 2.75) is 19.8 Å². The van der Waals surface area contributed by atoms with Gasteiger partial charge in [-0.25, -0.2) is 4.99 Å². The van der Waals surface area contributed by atoms with Crippen LogP contribution in [0.1, 0.15) is 19.8 Å². The number of rotatable bonds is 45. The van der Waals surface area contributed by atoms with E-state index in [1.54, 1.807) is 21.6 Å². The Morgan fingerprint density at radius 1 is 0.589 bits per heavy atom. The van der Waals surface area contributed by atoms with Crippen LogP contribution in [0.5, 0.6) is 0 Å². The van der Waals surface area contributed by atoms with Gasteiger partial charge in [0.2, 0.25) is 5.91 Å². The van der Waals surface area contributed by atoms with Crippen LogP contribution in [0.3, 0.4) is 0 Å². The Hall–Kier alpha value is -1.53. The van der Waals surface area contributed by atoms with Gasteiger partial charge in [-0.3, -0.25) is 4.79 Å². The summed E-state index contributed by atoms with van der Waals surface area (Å²) < 4.78 is 64.9. The molecule has 0 aromatic carbocycles. The molecule has 0 saturated heterocycles. The molecule has 56 heavy (non-hydrogen) atoms. The molecule has 0 radical (unpaired) electrons. The van der Waals surface area contributed by atoms with Crippen LogP contribution in [0, 0.1) is 0 Å². The van der Waals surface area contributed by atoms with Gasteiger partial charge in [-0.1, -0.05) is 23.4 Å². The summed E-state index contributed by atoms with van der Waals surface area (Å²) in [6.45, 7) is 18.5. The lowest BCUT2D eigenvalue weighted by Crippen LogP contribution is -2.17. The zero-order chi connectivity index (χ0) is 41.1. The molecule has 0 atom stereocenters. The Morgan fingerprint density at radius 3 is 1.18 bits per heavy atom. The second-order valence-electron chi connectivity index (χ2n) is 10.7. The van der Waals surface area contributed by atoms with Crippen LogP contribution in [0.15, 0.2) is 29.9 Å². The molecule has 1 amide bonds. The van der Waals surface area contributed by atoms with Crippen molar-refractivity contribution in [1.29, 1.82) is 0 Å². The monoisotopic (exact) mass is 845 g/mol. The summed E-state index contributed by atoms with van der Waals surface area (Å²) in [5, 5.41) is 3.93. The zero-order valence-corrected chi connectivity index (χ0v) is 35.5. The van der Waals surface area contributed by atoms with Crippen LogP contribution in [-0.2, 0) is 66.4 Å². The van der Waals surface area contributed by atoms with Crippen molar-refractivity contribution in [2.24, 2.45) is 10.7 Å². The van der Waals surface area contributed by atoms with Gasteiger partial charge in [0, 0.05) is 31.3 Å². The number of aliphatic imine (C=N–C) groups is 1. The maximum atomic E-state index is 10.5. The highest BCUT2D eigenvalue weighted by Crippen LogP contribution is 2.24. The van der Waals surface area contributed by atoms with E-state index in [1.807, 2.05) is 26.1 Å². The molecule has 0 rings (SSSR count). The molecule has 3 N–H and O–H groups in total. The number of ether oxygens (including phenoxy) is 12. The highest BCUT2D eigenvalue weighted by Gasteiger charge is 1.98. The first-order valence-corrected chi connectivity index (χ1v) is 21.3. The first-order valence-electron chi connectivity index (χ1n) is 19.0. The minimum atomic E-state index is -0.374. The molecule has 19 heteroatoms. The average molecular weight is 846 g/mol. The number of aldehydes is 1. The van der Waals surface area contributed by atoms with Crippen molar-refractivity contribution in [3.63, 3.8) is 0 Å². The number of carbonyl (C=O) groups excluding carboxylic acids is 2. The summed E-state index contributed by atoms with van der Waals surface area (Å²) in [5.74, 6) is 0.448. The van der Waals surface area contributed by atoms with Crippen molar-refractivity contribution in [3.8, 4) is 0 Å². The van der Waals surface area contributed by atoms with Gasteiger partial charge in [0.05, 0.1) is 159 Å². The quantitative estimate of drug-likeness (QED) is 0.0298. The Bertz CT molecular complexity index is 882. The summed E-state index contributed by atoms with van der Waals surface area (Å²) in [5.41, 5.74) is 5.01. The second kappa shape index (κ2) is 53.5. The van der Waals surface area contributed by atoms with Crippen LogP contribution in [0.25, 0.3) is 0 Å². The summed E-state index contributed by atoms with van der Waals surface area (Å²) in [6.07, 6.45) is 7.10. The summed E-state index contributed by atoms with van der Waals surface area (Å²) in [7, 11) is 5.07. The minimum absolute atomic E-state index is 0.221. The third kappa shape index (κ3) is 54.6. The maximum Gasteiger partial charge on any atom is 0.219 e. The van der Waals surface area contributed by atoms with Crippen molar-refractivity contribution in [3.05, 3.63) is 24.9 Å². The molecule has 330 valence electrons. The number of amides is 1. The van der Waals surface area contributed by atoms with Crippen LogP contribution >= 0.6 is 21.6 Å². The Labute approximate surface area is 343 Å². The molecular formula is C37H71N3O14S2. The molecule has 0 spiro atoms. The number of carbonyl (C=O) groups is 2. The number of hydrogen-bond acceptors (Lipinski definition) is 18.